The van der Waals surface area contributed by atoms with Crippen molar-refractivity contribution in [1.29, 1.82) is 0 Å². The Kier molecular flexibility index (Phi) is 46.2. The lowest BCUT2D eigenvalue weighted by Crippen LogP contribution is -2.56. The van der Waals surface area contributed by atoms with Crippen molar-refractivity contribution < 1.29 is 77.4 Å². The third-order valence-corrected chi connectivity index (χ3v) is 21.5. The smallest absolute Gasteiger partial charge is 0.381 e. The summed E-state index contributed by atoms with van der Waals surface area (Å²) in [6.45, 7) is 67.3. The second kappa shape index (κ2) is 47.5. The second-order valence-electron chi connectivity index (χ2n) is 39.5. The second-order valence-corrected chi connectivity index (χ2v) is 39.5. The van der Waals surface area contributed by atoms with Crippen LogP contribution in [0.1, 0.15) is 322 Å². The van der Waals surface area contributed by atoms with Crippen LogP contribution in [-0.2, 0) is 37.9 Å². The number of hydrogen-bond acceptors (Lipinski definition) is 8. The predicted octanol–water partition coefficient (Wildman–Crippen LogP) is 26.6. The van der Waals surface area contributed by atoms with Crippen LogP contribution < -0.4 is 0 Å². The van der Waals surface area contributed by atoms with Gasteiger partial charge in [0, 0.05) is 36.9 Å². The van der Waals surface area contributed by atoms with Gasteiger partial charge in [0.1, 0.15) is 5.41 Å². The fourth-order valence-corrected chi connectivity index (χ4v) is 14.3. The van der Waals surface area contributed by atoms with Crippen molar-refractivity contribution in [1.82, 2.24) is 0 Å². The van der Waals surface area contributed by atoms with Gasteiger partial charge < -0.3 is 37.9 Å². The monoisotopic (exact) mass is 1510 g/mol. The minimum atomic E-state index is -4.20. The van der Waals surface area contributed by atoms with Crippen LogP contribution in [0.3, 0.4) is 0 Å². The summed E-state index contributed by atoms with van der Waals surface area (Å²) in [5.41, 5.74) is -3.11. The largest absolute Gasteiger partial charge is 0.417 e. The Morgan fingerprint density at radius 2 is 0.702 bits per heavy atom. The molecular weight excluding hydrogens is 1340 g/mol. The van der Waals surface area contributed by atoms with E-state index in [9.17, 15) is 39.5 Å². The van der Waals surface area contributed by atoms with E-state index in [0.29, 0.717) is 36.9 Å². The Morgan fingerprint density at radius 3 is 0.788 bits per heavy atom. The van der Waals surface area contributed by atoms with Gasteiger partial charge in [0.05, 0.1) is 89.3 Å². The van der Waals surface area contributed by atoms with E-state index in [-0.39, 0.29) is 62.4 Å². The summed E-state index contributed by atoms with van der Waals surface area (Å²) >= 11 is 0. The highest BCUT2D eigenvalue weighted by atomic mass is 19.4. The molecule has 624 valence electrons. The van der Waals surface area contributed by atoms with E-state index in [1.807, 2.05) is 13.8 Å². The maximum atomic E-state index is 12.4. The van der Waals surface area contributed by atoms with Crippen molar-refractivity contribution in [3.63, 3.8) is 0 Å². The number of ether oxygens (including phenoxy) is 8. The first-order valence-corrected chi connectivity index (χ1v) is 41.8. The van der Waals surface area contributed by atoms with E-state index in [4.69, 9.17) is 28.4 Å². The Morgan fingerprint density at radius 1 is 0.317 bits per heavy atom. The van der Waals surface area contributed by atoms with Crippen LogP contribution in [-0.4, -0.2) is 121 Å². The standard InChI is InChI=1S/2C8H13F3O.C8H13F3.2C8H16O.C8H16.2C7H14O.C7H14.2C6H12O.C6H12/c1-6(2)3-7(4-12-5-7)8(9,10)11;1-6(2)5-7(3-4-12-7)8(9,10)11;1-6(2)5-7(3-4-7)8(9,10)11;1-7(2)4-8(3)5-9-6-8;1-7(2)6-8(3)4-5-9-8;1-7(2)6-8(3)4-5-8;1-6(2)3-7-4-8-5-7;1-6(2)5-7-3-4-8-7;1-6(2)5-7-3-4-7;1-5(2)6-3-7-4-6;1-5(2)6-3-4-7-6;1-5(2)6-3-4-6/h2*6H,3-5H2,1-2H3;6H,3-5H2,1-2H3;2*7H,4-6H2,1-3H3;7H,4-6H2,1-3H3;2*6-7H,3-5H2,1-2H3;6-7H,3-5H2,1-2H3;2*5-6H,3-4H2,1-2H3;5-6H,3-4H2,1-2H3. The minimum Gasteiger partial charge on any atom is -0.381 e. The first-order chi connectivity index (χ1) is 47.8. The van der Waals surface area contributed by atoms with E-state index >= 15 is 0 Å². The molecule has 0 aromatic carbocycles. The summed E-state index contributed by atoms with van der Waals surface area (Å²) in [7, 11) is 0. The van der Waals surface area contributed by atoms with Gasteiger partial charge in [-0.3, -0.25) is 0 Å². The van der Waals surface area contributed by atoms with Gasteiger partial charge in [-0.25, -0.2) is 0 Å². The van der Waals surface area contributed by atoms with E-state index in [2.05, 4.69) is 155 Å². The molecule has 0 radical (unpaired) electrons. The number of halogens is 9. The van der Waals surface area contributed by atoms with Crippen LogP contribution in [0, 0.1) is 116 Å². The molecule has 4 atom stereocenters. The van der Waals surface area contributed by atoms with Gasteiger partial charge >= 0.3 is 18.5 Å². The Labute approximate surface area is 634 Å². The summed E-state index contributed by atoms with van der Waals surface area (Å²) < 4.78 is 152. The summed E-state index contributed by atoms with van der Waals surface area (Å²) in [5.74, 6) is 11.8. The van der Waals surface area contributed by atoms with Crippen molar-refractivity contribution in [2.24, 2.45) is 116 Å². The maximum absolute atomic E-state index is 12.4. The Hall–Kier alpha value is -0.950. The van der Waals surface area contributed by atoms with Gasteiger partial charge in [-0.1, -0.05) is 193 Å². The van der Waals surface area contributed by atoms with Crippen molar-refractivity contribution in [2.45, 2.75) is 364 Å². The zero-order valence-electron chi connectivity index (χ0n) is 71.9. The van der Waals surface area contributed by atoms with Gasteiger partial charge in [0.15, 0.2) is 5.60 Å². The van der Waals surface area contributed by atoms with Crippen LogP contribution in [0.2, 0.25) is 0 Å². The van der Waals surface area contributed by atoms with Crippen molar-refractivity contribution in [3.05, 3.63) is 0 Å². The molecule has 17 heteroatoms. The SMILES string of the molecule is CC(C)C1CC1.CC(C)C1CCO1.CC(C)C1COC1.CC(C)CC1(C(F)(F)F)CC1.CC(C)CC1(C(F)(F)F)CCO1.CC(C)CC1(C(F)(F)F)COC1.CC(C)CC1(C)CC1.CC(C)CC1(C)CCO1.CC(C)CC1(C)COC1.CC(C)CC1CC1.CC(C)CC1CCO1.CC(C)CC1COC1. The summed E-state index contributed by atoms with van der Waals surface area (Å²) in [6, 6.07) is 0. The van der Waals surface area contributed by atoms with Crippen LogP contribution in [0.4, 0.5) is 39.5 Å². The normalized spacial score (nSPS) is 25.5. The lowest BCUT2D eigenvalue weighted by Gasteiger charge is -2.44. The molecule has 0 amide bonds. The third-order valence-electron chi connectivity index (χ3n) is 21.5. The van der Waals surface area contributed by atoms with Crippen LogP contribution in [0.15, 0.2) is 0 Å². The highest BCUT2D eigenvalue weighted by Gasteiger charge is 2.63. The van der Waals surface area contributed by atoms with Gasteiger partial charge in [-0.15, -0.1) is 0 Å². The molecule has 8 nitrogen and oxygen atoms in total. The predicted molar refractivity (Wildman–Crippen MR) is 414 cm³/mol. The van der Waals surface area contributed by atoms with Gasteiger partial charge in [-0.05, 0) is 211 Å². The number of alkyl halides is 9. The average molecular weight is 1510 g/mol. The molecule has 104 heavy (non-hydrogen) atoms. The molecule has 12 fully saturated rings. The van der Waals surface area contributed by atoms with Crippen LogP contribution >= 0.6 is 0 Å². The summed E-state index contributed by atoms with van der Waals surface area (Å²) in [5, 5.41) is 0. The Bertz CT molecular complexity index is 2020. The van der Waals surface area contributed by atoms with Gasteiger partial charge in [-0.2, -0.15) is 39.5 Å². The zero-order chi connectivity index (χ0) is 79.9. The van der Waals surface area contributed by atoms with Crippen LogP contribution in [0.25, 0.3) is 0 Å². The minimum absolute atomic E-state index is 0.0203. The van der Waals surface area contributed by atoms with Gasteiger partial charge in [0.2, 0.25) is 0 Å². The van der Waals surface area contributed by atoms with Crippen LogP contribution in [0.5, 0.6) is 0 Å². The van der Waals surface area contributed by atoms with E-state index in [1.54, 1.807) is 27.7 Å². The zero-order valence-corrected chi connectivity index (χ0v) is 71.9. The number of hydrogen-bond donors (Lipinski definition) is 0. The molecule has 12 aliphatic rings. The van der Waals surface area contributed by atoms with Crippen molar-refractivity contribution in [3.8, 4) is 0 Å². The fraction of sp³-hybridized carbons (Fsp3) is 1.00. The highest BCUT2D eigenvalue weighted by Crippen LogP contribution is 2.61. The molecule has 0 spiro atoms. The molecule has 0 bridgehead atoms. The quantitative estimate of drug-likeness (QED) is 0.105. The highest BCUT2D eigenvalue weighted by molar-refractivity contribution is 5.00. The topological polar surface area (TPSA) is 73.8 Å². The average Bonchev–Trinajstić information content (AvgIpc) is 0.871. The van der Waals surface area contributed by atoms with E-state index < -0.39 is 35.0 Å². The molecule has 0 aromatic heterocycles. The van der Waals surface area contributed by atoms with E-state index in [1.165, 1.54) is 96.3 Å². The maximum Gasteiger partial charge on any atom is 0.417 e. The molecule has 0 N–H and O–H groups in total. The summed E-state index contributed by atoms with van der Waals surface area (Å²) in [6.07, 6.45) is 11.1. The first-order valence-electron chi connectivity index (χ1n) is 41.8. The molecule has 12 rings (SSSR count). The lowest BCUT2D eigenvalue weighted by molar-refractivity contribution is -0.330. The molecule has 4 aliphatic carbocycles. The fourth-order valence-electron chi connectivity index (χ4n) is 14.3. The van der Waals surface area contributed by atoms with Crippen molar-refractivity contribution >= 4 is 0 Å². The summed E-state index contributed by atoms with van der Waals surface area (Å²) in [4.78, 5) is 0. The first kappa shape index (κ1) is 101. The van der Waals surface area contributed by atoms with E-state index in [0.717, 1.165) is 142 Å². The molecule has 4 saturated carbocycles. The molecule has 8 heterocycles. The van der Waals surface area contributed by atoms with Crippen molar-refractivity contribution in [2.75, 3.05) is 79.3 Å². The molecular formula is C87H165F9O8. The molecule has 4 unspecified atom stereocenters. The molecule has 8 saturated heterocycles. The Balaban J connectivity index is 0.000000570. The molecule has 8 aliphatic heterocycles. The van der Waals surface area contributed by atoms with Gasteiger partial charge in [0.25, 0.3) is 0 Å². The number of rotatable bonds is 21. The lowest BCUT2D eigenvalue weighted by atomic mass is 9.78. The molecule has 0 aromatic rings. The third kappa shape index (κ3) is 43.8.